The second-order valence-corrected chi connectivity index (χ2v) is 10.9. The quantitative estimate of drug-likeness (QED) is 0.171. The molecule has 4 rings (SSSR count). The summed E-state index contributed by atoms with van der Waals surface area (Å²) in [6.45, 7) is 1.84. The number of carbonyl (C=O) groups is 2. The minimum atomic E-state index is -4.06. The Morgan fingerprint density at radius 1 is 0.925 bits per heavy atom. The summed E-state index contributed by atoms with van der Waals surface area (Å²) in [6.07, 6.45) is -0.202. The molecule has 0 aliphatic rings. The SMILES string of the molecule is C[C@@H](NC(=O)Nc1ccc(Oc2cccc(CC(=O)O)c2)c(NS(=O)(=O)c2ccc(Cl)cc2)c1)c1ccccc1. The van der Waals surface area contributed by atoms with Crippen LogP contribution in [0.4, 0.5) is 16.2 Å². The lowest BCUT2D eigenvalue weighted by atomic mass is 10.1. The number of anilines is 2. The van der Waals surface area contributed by atoms with Crippen molar-refractivity contribution in [3.63, 3.8) is 0 Å². The second kappa shape index (κ2) is 12.5. The maximum absolute atomic E-state index is 13.2. The predicted molar refractivity (Wildman–Crippen MR) is 154 cm³/mol. The number of nitrogens with one attached hydrogen (secondary N) is 3. The van der Waals surface area contributed by atoms with Crippen LogP contribution < -0.4 is 20.1 Å². The third-order valence-electron chi connectivity index (χ3n) is 5.73. The molecule has 11 heteroatoms. The van der Waals surface area contributed by atoms with Crippen LogP contribution in [0, 0.1) is 0 Å². The van der Waals surface area contributed by atoms with Gasteiger partial charge in [0, 0.05) is 10.7 Å². The first-order valence-corrected chi connectivity index (χ1v) is 14.0. The Kier molecular flexibility index (Phi) is 8.93. The maximum Gasteiger partial charge on any atom is 0.319 e. The predicted octanol–water partition coefficient (Wildman–Crippen LogP) is 6.44. The van der Waals surface area contributed by atoms with Gasteiger partial charge < -0.3 is 20.5 Å². The van der Waals surface area contributed by atoms with Gasteiger partial charge in [0.15, 0.2) is 5.75 Å². The van der Waals surface area contributed by atoms with Gasteiger partial charge in [0.25, 0.3) is 10.0 Å². The van der Waals surface area contributed by atoms with E-state index in [1.54, 1.807) is 30.3 Å². The topological polar surface area (TPSA) is 134 Å². The van der Waals surface area contributed by atoms with Gasteiger partial charge in [-0.05, 0) is 72.6 Å². The lowest BCUT2D eigenvalue weighted by molar-refractivity contribution is -0.136. The van der Waals surface area contributed by atoms with Gasteiger partial charge in [-0.15, -0.1) is 0 Å². The number of carboxylic acids is 1. The van der Waals surface area contributed by atoms with E-state index in [-0.39, 0.29) is 28.8 Å². The summed E-state index contributed by atoms with van der Waals surface area (Å²) in [6, 6.07) is 25.2. The summed E-state index contributed by atoms with van der Waals surface area (Å²) in [4.78, 5) is 23.8. The third-order valence-corrected chi connectivity index (χ3v) is 7.37. The molecule has 0 unspecified atom stereocenters. The van der Waals surface area contributed by atoms with Crippen molar-refractivity contribution in [2.75, 3.05) is 10.0 Å². The van der Waals surface area contributed by atoms with E-state index in [1.807, 2.05) is 37.3 Å². The van der Waals surface area contributed by atoms with Crippen molar-refractivity contribution in [3.8, 4) is 11.5 Å². The first-order valence-electron chi connectivity index (χ1n) is 12.1. The highest BCUT2D eigenvalue weighted by Gasteiger charge is 2.19. The Hall–Kier alpha value is -4.54. The van der Waals surface area contributed by atoms with E-state index in [4.69, 9.17) is 21.4 Å². The van der Waals surface area contributed by atoms with Crippen LogP contribution in [0.2, 0.25) is 5.02 Å². The van der Waals surface area contributed by atoms with Crippen molar-refractivity contribution in [3.05, 3.63) is 113 Å². The number of aliphatic carboxylic acids is 1. The Morgan fingerprint density at radius 2 is 1.65 bits per heavy atom. The van der Waals surface area contributed by atoms with E-state index < -0.39 is 22.0 Å². The molecule has 9 nitrogen and oxygen atoms in total. The molecule has 0 saturated heterocycles. The first-order chi connectivity index (χ1) is 19.1. The van der Waals surface area contributed by atoms with Crippen LogP contribution in [0.1, 0.15) is 24.1 Å². The minimum absolute atomic E-state index is 0.0286. The highest BCUT2D eigenvalue weighted by atomic mass is 35.5. The van der Waals surface area contributed by atoms with Gasteiger partial charge in [0.1, 0.15) is 5.75 Å². The molecule has 0 fully saturated rings. The molecular formula is C29H26ClN3O6S. The smallest absolute Gasteiger partial charge is 0.319 e. The average Bonchev–Trinajstić information content (AvgIpc) is 2.90. The highest BCUT2D eigenvalue weighted by Crippen LogP contribution is 2.34. The minimum Gasteiger partial charge on any atom is -0.481 e. The number of hydrogen-bond acceptors (Lipinski definition) is 5. The summed E-state index contributed by atoms with van der Waals surface area (Å²) in [5.74, 6) is -0.557. The Morgan fingerprint density at radius 3 is 2.35 bits per heavy atom. The molecule has 4 aromatic rings. The molecule has 1 atom stereocenters. The van der Waals surface area contributed by atoms with E-state index in [2.05, 4.69) is 15.4 Å². The van der Waals surface area contributed by atoms with Gasteiger partial charge in [-0.1, -0.05) is 54.1 Å². The van der Waals surface area contributed by atoms with Crippen molar-refractivity contribution in [2.24, 2.45) is 0 Å². The van der Waals surface area contributed by atoms with E-state index in [1.165, 1.54) is 36.4 Å². The molecule has 0 aromatic heterocycles. The highest BCUT2D eigenvalue weighted by molar-refractivity contribution is 7.92. The van der Waals surface area contributed by atoms with Crippen LogP contribution >= 0.6 is 11.6 Å². The van der Waals surface area contributed by atoms with Crippen LogP contribution in [-0.2, 0) is 21.2 Å². The molecular weight excluding hydrogens is 554 g/mol. The maximum atomic E-state index is 13.2. The van der Waals surface area contributed by atoms with Crippen molar-refractivity contribution in [1.29, 1.82) is 0 Å². The Balaban J connectivity index is 1.61. The number of carboxylic acid groups (broad SMARTS) is 1. The molecule has 2 amide bonds. The third kappa shape index (κ3) is 7.75. The second-order valence-electron chi connectivity index (χ2n) is 8.82. The number of ether oxygens (including phenoxy) is 1. The van der Waals surface area contributed by atoms with Gasteiger partial charge in [0.05, 0.1) is 23.0 Å². The number of halogens is 1. The summed E-state index contributed by atoms with van der Waals surface area (Å²) >= 11 is 5.91. The number of urea groups is 1. The van der Waals surface area contributed by atoms with E-state index >= 15 is 0 Å². The zero-order valence-corrected chi connectivity index (χ0v) is 22.9. The number of rotatable bonds is 10. The number of amides is 2. The summed E-state index contributed by atoms with van der Waals surface area (Å²) in [5, 5.41) is 15.0. The van der Waals surface area contributed by atoms with E-state index in [0.717, 1.165) is 5.56 Å². The standard InChI is InChI=1S/C29H26ClN3O6S/c1-19(21-7-3-2-4-8-21)31-29(36)32-23-12-15-27(39-24-9-5-6-20(16-24)17-28(34)35)26(18-23)33-40(37,38)25-13-10-22(30)11-14-25/h2-16,18-19,33H,17H2,1H3,(H,34,35)(H2,31,32,36)/t19-/m1/s1. The van der Waals surface area contributed by atoms with Crippen molar-refractivity contribution >= 4 is 45.0 Å². The summed E-state index contributed by atoms with van der Waals surface area (Å²) in [5.41, 5.74) is 1.78. The molecule has 0 aliphatic heterocycles. The van der Waals surface area contributed by atoms with Gasteiger partial charge in [-0.2, -0.15) is 0 Å². The number of hydrogen-bond donors (Lipinski definition) is 4. The van der Waals surface area contributed by atoms with Gasteiger partial charge in [-0.25, -0.2) is 13.2 Å². The van der Waals surface area contributed by atoms with Crippen molar-refractivity contribution in [2.45, 2.75) is 24.3 Å². The van der Waals surface area contributed by atoms with Crippen molar-refractivity contribution < 1.29 is 27.9 Å². The number of benzene rings is 4. The summed E-state index contributed by atoms with van der Waals surface area (Å²) in [7, 11) is -4.06. The summed E-state index contributed by atoms with van der Waals surface area (Å²) < 4.78 is 34.8. The lowest BCUT2D eigenvalue weighted by Gasteiger charge is -2.17. The number of sulfonamides is 1. The van der Waals surface area contributed by atoms with Crippen LogP contribution in [0.15, 0.2) is 102 Å². The fourth-order valence-electron chi connectivity index (χ4n) is 3.80. The van der Waals surface area contributed by atoms with Crippen molar-refractivity contribution in [1.82, 2.24) is 5.32 Å². The lowest BCUT2D eigenvalue weighted by Crippen LogP contribution is -2.31. The van der Waals surface area contributed by atoms with E-state index in [9.17, 15) is 18.0 Å². The van der Waals surface area contributed by atoms with Gasteiger partial charge in [-0.3, -0.25) is 9.52 Å². The molecule has 0 radical (unpaired) electrons. The number of carbonyl (C=O) groups excluding carboxylic acids is 1. The molecule has 0 bridgehead atoms. The average molecular weight is 580 g/mol. The molecule has 0 heterocycles. The van der Waals surface area contributed by atoms with Crippen LogP contribution in [0.3, 0.4) is 0 Å². The monoisotopic (exact) mass is 579 g/mol. The van der Waals surface area contributed by atoms with Crippen LogP contribution in [-0.4, -0.2) is 25.5 Å². The fraction of sp³-hybridized carbons (Fsp3) is 0.103. The molecule has 0 saturated carbocycles. The van der Waals surface area contributed by atoms with Crippen LogP contribution in [0.25, 0.3) is 0 Å². The van der Waals surface area contributed by atoms with Gasteiger partial charge in [0.2, 0.25) is 0 Å². The molecule has 0 aliphatic carbocycles. The van der Waals surface area contributed by atoms with Crippen LogP contribution in [0.5, 0.6) is 11.5 Å². The molecule has 4 N–H and O–H groups in total. The zero-order valence-electron chi connectivity index (χ0n) is 21.3. The molecule has 40 heavy (non-hydrogen) atoms. The molecule has 0 spiro atoms. The first kappa shape index (κ1) is 28.5. The normalized spacial score (nSPS) is 11.8. The van der Waals surface area contributed by atoms with E-state index in [0.29, 0.717) is 22.0 Å². The largest absolute Gasteiger partial charge is 0.481 e. The molecule has 206 valence electrons. The Labute approximate surface area is 236 Å². The zero-order chi connectivity index (χ0) is 28.7. The Bertz CT molecular complexity index is 1610. The fourth-order valence-corrected chi connectivity index (χ4v) is 4.99. The molecule has 4 aromatic carbocycles. The van der Waals surface area contributed by atoms with Gasteiger partial charge >= 0.3 is 12.0 Å².